The number of carbonyl (C=O) groups is 2. The van der Waals surface area contributed by atoms with Crippen molar-refractivity contribution < 1.29 is 19.1 Å². The number of hydrogen-bond acceptors (Lipinski definition) is 4. The molecule has 1 aliphatic rings. The van der Waals surface area contributed by atoms with E-state index in [0.29, 0.717) is 31.0 Å². The van der Waals surface area contributed by atoms with Gasteiger partial charge in [0.15, 0.2) is 0 Å². The van der Waals surface area contributed by atoms with Gasteiger partial charge in [0.2, 0.25) is 5.91 Å². The first-order chi connectivity index (χ1) is 14.0. The van der Waals surface area contributed by atoms with Crippen molar-refractivity contribution >= 4 is 11.8 Å². The van der Waals surface area contributed by atoms with Crippen LogP contribution in [0.15, 0.2) is 42.6 Å². The maximum Gasteiger partial charge on any atom is 0.254 e. The predicted octanol–water partition coefficient (Wildman–Crippen LogP) is 2.31. The van der Waals surface area contributed by atoms with E-state index in [9.17, 15) is 9.59 Å². The number of hydrogen-bond donors (Lipinski definition) is 0. The van der Waals surface area contributed by atoms with Crippen LogP contribution >= 0.6 is 0 Å². The van der Waals surface area contributed by atoms with Gasteiger partial charge in [0.1, 0.15) is 12.3 Å². The zero-order valence-corrected chi connectivity index (χ0v) is 17.3. The molecule has 156 valence electrons. The number of aromatic nitrogens is 1. The number of benzene rings is 1. The van der Waals surface area contributed by atoms with E-state index in [1.54, 1.807) is 43.4 Å². The topological polar surface area (TPSA) is 64.0 Å². The summed E-state index contributed by atoms with van der Waals surface area (Å²) < 4.78 is 12.4. The summed E-state index contributed by atoms with van der Waals surface area (Å²) in [5.74, 6) is 0.363. The van der Waals surface area contributed by atoms with Crippen LogP contribution in [0.2, 0.25) is 0 Å². The van der Waals surface area contributed by atoms with Crippen LogP contribution in [0.1, 0.15) is 28.9 Å². The Labute approximate surface area is 171 Å². The number of amides is 2. The summed E-state index contributed by atoms with van der Waals surface area (Å²) in [7, 11) is 5.12. The van der Waals surface area contributed by atoms with E-state index >= 15 is 0 Å². The van der Waals surface area contributed by atoms with Gasteiger partial charge in [-0.25, -0.2) is 0 Å². The molecule has 2 aromatic rings. The van der Waals surface area contributed by atoms with Crippen molar-refractivity contribution in [2.75, 3.05) is 33.9 Å². The Morgan fingerprint density at radius 3 is 2.59 bits per heavy atom. The average Bonchev–Trinajstić information content (AvgIpc) is 3.50. The quantitative estimate of drug-likeness (QED) is 0.615. The third-order valence-electron chi connectivity index (χ3n) is 5.19. The molecule has 1 heterocycles. The van der Waals surface area contributed by atoms with Crippen molar-refractivity contribution in [3.8, 4) is 5.75 Å². The second-order valence-electron chi connectivity index (χ2n) is 7.31. The molecule has 1 aliphatic carbocycles. The molecule has 1 aromatic heterocycles. The Hall–Kier alpha value is -2.80. The molecule has 0 N–H and O–H groups in total. The molecule has 0 atom stereocenters. The van der Waals surface area contributed by atoms with E-state index < -0.39 is 0 Å². The van der Waals surface area contributed by atoms with E-state index in [4.69, 9.17) is 9.47 Å². The van der Waals surface area contributed by atoms with E-state index in [1.807, 2.05) is 34.8 Å². The molecule has 0 aliphatic heterocycles. The third-order valence-corrected chi connectivity index (χ3v) is 5.19. The Kier molecular flexibility index (Phi) is 6.93. The minimum atomic E-state index is -0.205. The third kappa shape index (κ3) is 5.38. The smallest absolute Gasteiger partial charge is 0.254 e. The van der Waals surface area contributed by atoms with Gasteiger partial charge in [-0.2, -0.15) is 0 Å². The molecule has 1 fully saturated rings. The zero-order chi connectivity index (χ0) is 20.8. The van der Waals surface area contributed by atoms with Crippen molar-refractivity contribution in [1.29, 1.82) is 0 Å². The first kappa shape index (κ1) is 20.9. The summed E-state index contributed by atoms with van der Waals surface area (Å²) in [6.45, 7) is 1.30. The number of rotatable bonds is 10. The Bertz CT molecular complexity index is 844. The molecule has 0 radical (unpaired) electrons. The Balaban J connectivity index is 1.74. The molecule has 7 nitrogen and oxygen atoms in total. The first-order valence-corrected chi connectivity index (χ1v) is 9.85. The fraction of sp³-hybridized carbons (Fsp3) is 0.455. The molecule has 1 saturated carbocycles. The second kappa shape index (κ2) is 9.60. The maximum atomic E-state index is 13.2. The van der Waals surface area contributed by atoms with E-state index in [2.05, 4.69) is 0 Å². The number of methoxy groups -OCH3 is 2. The van der Waals surface area contributed by atoms with Crippen LogP contribution in [0.25, 0.3) is 0 Å². The average molecular weight is 399 g/mol. The Morgan fingerprint density at radius 1 is 1.17 bits per heavy atom. The number of aryl methyl sites for hydroxylation is 1. The highest BCUT2D eigenvalue weighted by molar-refractivity contribution is 5.97. The molecule has 0 saturated heterocycles. The summed E-state index contributed by atoms with van der Waals surface area (Å²) in [6, 6.07) is 11.2. The summed E-state index contributed by atoms with van der Waals surface area (Å²) in [5, 5.41) is 0. The molecule has 7 heteroatoms. The van der Waals surface area contributed by atoms with Crippen molar-refractivity contribution in [2.45, 2.75) is 25.4 Å². The van der Waals surface area contributed by atoms with Gasteiger partial charge in [-0.15, -0.1) is 0 Å². The minimum Gasteiger partial charge on any atom is -0.497 e. The molecule has 1 aromatic carbocycles. The molecule has 29 heavy (non-hydrogen) atoms. The fourth-order valence-corrected chi connectivity index (χ4v) is 3.29. The lowest BCUT2D eigenvalue weighted by atomic mass is 10.2. The highest BCUT2D eigenvalue weighted by atomic mass is 16.5. The van der Waals surface area contributed by atoms with Gasteiger partial charge in [0.25, 0.3) is 5.91 Å². The summed E-state index contributed by atoms with van der Waals surface area (Å²) >= 11 is 0. The number of ether oxygens (including phenoxy) is 2. The van der Waals surface area contributed by atoms with Crippen LogP contribution in [0.3, 0.4) is 0 Å². The van der Waals surface area contributed by atoms with Gasteiger partial charge in [0.05, 0.1) is 20.3 Å². The predicted molar refractivity (Wildman–Crippen MR) is 110 cm³/mol. The van der Waals surface area contributed by atoms with Crippen LogP contribution in [-0.2, 0) is 23.1 Å². The van der Waals surface area contributed by atoms with Gasteiger partial charge in [-0.3, -0.25) is 9.59 Å². The normalized spacial score (nSPS) is 13.2. The SMILES string of the molecule is COCCN(CC(=O)N(Cc1cccn1C)C1CC1)C(=O)c1cccc(OC)c1. The zero-order valence-electron chi connectivity index (χ0n) is 17.3. The lowest BCUT2D eigenvalue weighted by Crippen LogP contribution is -2.44. The fourth-order valence-electron chi connectivity index (χ4n) is 3.29. The highest BCUT2D eigenvalue weighted by Gasteiger charge is 2.34. The van der Waals surface area contributed by atoms with E-state index in [0.717, 1.165) is 18.5 Å². The molecule has 0 bridgehead atoms. The lowest BCUT2D eigenvalue weighted by Gasteiger charge is -2.28. The lowest BCUT2D eigenvalue weighted by molar-refractivity contribution is -0.133. The van der Waals surface area contributed by atoms with Crippen molar-refractivity contribution in [1.82, 2.24) is 14.4 Å². The highest BCUT2D eigenvalue weighted by Crippen LogP contribution is 2.28. The Morgan fingerprint density at radius 2 is 1.97 bits per heavy atom. The van der Waals surface area contributed by atoms with Crippen molar-refractivity contribution in [3.63, 3.8) is 0 Å². The van der Waals surface area contributed by atoms with Crippen molar-refractivity contribution in [3.05, 3.63) is 53.9 Å². The molecule has 3 rings (SSSR count). The van der Waals surface area contributed by atoms with E-state index in [-0.39, 0.29) is 24.4 Å². The second-order valence-corrected chi connectivity index (χ2v) is 7.31. The number of carbonyl (C=O) groups excluding carboxylic acids is 2. The summed E-state index contributed by atoms with van der Waals surface area (Å²) in [6.07, 6.45) is 4.00. The molecular formula is C22H29N3O4. The van der Waals surface area contributed by atoms with E-state index in [1.165, 1.54) is 0 Å². The van der Waals surface area contributed by atoms with Crippen LogP contribution in [0.5, 0.6) is 5.75 Å². The van der Waals surface area contributed by atoms with Gasteiger partial charge in [-0.05, 0) is 43.2 Å². The minimum absolute atomic E-state index is 0.0281. The largest absolute Gasteiger partial charge is 0.497 e. The monoisotopic (exact) mass is 399 g/mol. The summed E-state index contributed by atoms with van der Waals surface area (Å²) in [4.78, 5) is 29.7. The standard InChI is InChI=1S/C22H29N3O4/c1-23-11-5-7-19(23)15-25(18-9-10-18)21(26)16-24(12-13-28-2)22(27)17-6-4-8-20(14-17)29-3/h4-8,11,14,18H,9-10,12-13,15-16H2,1-3H3. The van der Waals surface area contributed by atoms with Crippen LogP contribution in [0.4, 0.5) is 0 Å². The summed E-state index contributed by atoms with van der Waals surface area (Å²) in [5.41, 5.74) is 1.57. The van der Waals surface area contributed by atoms with Gasteiger partial charge in [-0.1, -0.05) is 6.07 Å². The van der Waals surface area contributed by atoms with Gasteiger partial charge < -0.3 is 23.8 Å². The molecule has 0 spiro atoms. The maximum absolute atomic E-state index is 13.2. The first-order valence-electron chi connectivity index (χ1n) is 9.85. The van der Waals surface area contributed by atoms with Gasteiger partial charge >= 0.3 is 0 Å². The van der Waals surface area contributed by atoms with Gasteiger partial charge in [0, 0.05) is 44.2 Å². The van der Waals surface area contributed by atoms with Crippen LogP contribution in [0, 0.1) is 0 Å². The molecule has 0 unspecified atom stereocenters. The van der Waals surface area contributed by atoms with Crippen LogP contribution < -0.4 is 4.74 Å². The van der Waals surface area contributed by atoms with Crippen LogP contribution in [-0.4, -0.2) is 66.1 Å². The van der Waals surface area contributed by atoms with Crippen molar-refractivity contribution in [2.24, 2.45) is 7.05 Å². The molecular weight excluding hydrogens is 370 g/mol. The molecule has 2 amide bonds. The number of nitrogens with zero attached hydrogens (tertiary/aromatic N) is 3.